The van der Waals surface area contributed by atoms with Crippen LogP contribution in [0, 0.1) is 20.8 Å². The molecule has 31 heavy (non-hydrogen) atoms. The van der Waals surface area contributed by atoms with Crippen LogP contribution >= 0.6 is 0 Å². The van der Waals surface area contributed by atoms with Crippen molar-refractivity contribution >= 4 is 23.3 Å². The molecule has 1 atom stereocenters. The summed E-state index contributed by atoms with van der Waals surface area (Å²) in [6.07, 6.45) is -0.00668. The molecule has 0 radical (unpaired) electrons. The molecule has 7 nitrogen and oxygen atoms in total. The minimum atomic E-state index is -0.712. The van der Waals surface area contributed by atoms with Crippen LogP contribution in [0.15, 0.2) is 42.5 Å². The Morgan fingerprint density at radius 3 is 2.42 bits per heavy atom. The molecule has 7 heteroatoms. The van der Waals surface area contributed by atoms with Gasteiger partial charge in [0.1, 0.15) is 11.9 Å². The van der Waals surface area contributed by atoms with Gasteiger partial charge >= 0.3 is 0 Å². The molecule has 0 bridgehead atoms. The fraction of sp³-hybridized carbons (Fsp3) is 0.292. The summed E-state index contributed by atoms with van der Waals surface area (Å²) < 4.78 is 6.95. The van der Waals surface area contributed by atoms with Crippen molar-refractivity contribution in [2.75, 3.05) is 17.7 Å². The Morgan fingerprint density at radius 2 is 1.77 bits per heavy atom. The van der Waals surface area contributed by atoms with Gasteiger partial charge in [-0.2, -0.15) is 5.10 Å². The van der Waals surface area contributed by atoms with Gasteiger partial charge in [0.05, 0.1) is 18.7 Å². The lowest BCUT2D eigenvalue weighted by atomic mass is 10.0. The number of anilines is 2. The van der Waals surface area contributed by atoms with E-state index in [0.29, 0.717) is 12.4 Å². The van der Waals surface area contributed by atoms with Crippen LogP contribution in [-0.4, -0.2) is 28.7 Å². The zero-order valence-electron chi connectivity index (χ0n) is 18.2. The number of aromatic nitrogens is 2. The summed E-state index contributed by atoms with van der Waals surface area (Å²) >= 11 is 0. The van der Waals surface area contributed by atoms with Crippen LogP contribution < -0.4 is 10.6 Å². The highest BCUT2D eigenvalue weighted by atomic mass is 16.5. The van der Waals surface area contributed by atoms with E-state index < -0.39 is 6.04 Å². The van der Waals surface area contributed by atoms with Crippen molar-refractivity contribution in [3.63, 3.8) is 0 Å². The molecule has 3 aromatic rings. The van der Waals surface area contributed by atoms with E-state index in [2.05, 4.69) is 15.7 Å². The zero-order chi connectivity index (χ0) is 22.1. The van der Waals surface area contributed by atoms with Gasteiger partial charge in [-0.05, 0) is 49.6 Å². The standard InChI is InChI=1S/C24H26N4O3/c1-14-5-7-17(8-6-14)22-19(13-31-4)27-28-20(24(30)26-23(22)28)12-21(29)25-18-10-15(2)9-16(3)11-18/h5-11,20H,12-13H2,1-4H3,(H,25,29)(H,26,30). The van der Waals surface area contributed by atoms with Crippen LogP contribution in [0.2, 0.25) is 0 Å². The Morgan fingerprint density at radius 1 is 1.10 bits per heavy atom. The number of ether oxygens (including phenoxy) is 1. The molecule has 1 unspecified atom stereocenters. The quantitative estimate of drug-likeness (QED) is 0.630. The number of aryl methyl sites for hydroxylation is 3. The van der Waals surface area contributed by atoms with Gasteiger partial charge in [0.25, 0.3) is 5.91 Å². The highest BCUT2D eigenvalue weighted by Gasteiger charge is 2.37. The number of hydrogen-bond donors (Lipinski definition) is 2. The SMILES string of the molecule is COCc1nn2c(c1-c1ccc(C)cc1)NC(=O)C2CC(=O)Nc1cc(C)cc(C)c1. The van der Waals surface area contributed by atoms with E-state index in [1.807, 2.05) is 63.2 Å². The number of carbonyl (C=O) groups excluding carboxylic acids is 2. The van der Waals surface area contributed by atoms with Crippen molar-refractivity contribution in [3.05, 3.63) is 64.8 Å². The second kappa shape index (κ2) is 8.35. The summed E-state index contributed by atoms with van der Waals surface area (Å²) in [4.78, 5) is 25.4. The number of methoxy groups -OCH3 is 1. The van der Waals surface area contributed by atoms with Gasteiger partial charge in [-0.15, -0.1) is 0 Å². The maximum Gasteiger partial charge on any atom is 0.251 e. The van der Waals surface area contributed by atoms with Crippen LogP contribution in [0.4, 0.5) is 11.5 Å². The average Bonchev–Trinajstić information content (AvgIpc) is 3.17. The maximum absolute atomic E-state index is 12.7. The van der Waals surface area contributed by atoms with Crippen LogP contribution in [0.3, 0.4) is 0 Å². The maximum atomic E-state index is 12.7. The number of fused-ring (bicyclic) bond motifs is 1. The van der Waals surface area contributed by atoms with Gasteiger partial charge in [0.2, 0.25) is 5.91 Å². The van der Waals surface area contributed by atoms with Crippen molar-refractivity contribution in [2.45, 2.75) is 39.8 Å². The number of nitrogens with one attached hydrogen (secondary N) is 2. The van der Waals surface area contributed by atoms with Gasteiger partial charge in [-0.25, -0.2) is 4.68 Å². The minimum Gasteiger partial charge on any atom is -0.378 e. The largest absolute Gasteiger partial charge is 0.378 e. The molecular formula is C24H26N4O3. The van der Waals surface area contributed by atoms with Gasteiger partial charge in [0.15, 0.2) is 0 Å². The fourth-order valence-electron chi connectivity index (χ4n) is 4.01. The Hall–Kier alpha value is -3.45. The lowest BCUT2D eigenvalue weighted by molar-refractivity contribution is -0.123. The predicted octanol–water partition coefficient (Wildman–Crippen LogP) is 4.14. The topological polar surface area (TPSA) is 85.2 Å². The molecular weight excluding hydrogens is 392 g/mol. The van der Waals surface area contributed by atoms with E-state index in [1.165, 1.54) is 0 Å². The summed E-state index contributed by atoms with van der Waals surface area (Å²) in [6, 6.07) is 13.2. The Bertz CT molecular complexity index is 1130. The fourth-order valence-corrected chi connectivity index (χ4v) is 4.01. The summed E-state index contributed by atoms with van der Waals surface area (Å²) in [5, 5.41) is 10.5. The molecule has 4 rings (SSSR count). The second-order valence-electron chi connectivity index (χ2n) is 8.05. The third-order valence-corrected chi connectivity index (χ3v) is 5.33. The normalized spacial score (nSPS) is 15.0. The Labute approximate surface area is 181 Å². The molecule has 0 fully saturated rings. The van der Waals surface area contributed by atoms with Crippen molar-refractivity contribution in [1.82, 2.24) is 9.78 Å². The van der Waals surface area contributed by atoms with E-state index in [-0.39, 0.29) is 18.2 Å². The molecule has 1 aliphatic heterocycles. The first kappa shape index (κ1) is 20.8. The average molecular weight is 418 g/mol. The molecule has 2 aromatic carbocycles. The molecule has 2 heterocycles. The molecule has 0 aliphatic carbocycles. The zero-order valence-corrected chi connectivity index (χ0v) is 18.2. The molecule has 0 saturated heterocycles. The monoisotopic (exact) mass is 418 g/mol. The molecule has 0 spiro atoms. The van der Waals surface area contributed by atoms with Crippen LogP contribution in [0.1, 0.15) is 34.8 Å². The van der Waals surface area contributed by atoms with Crippen LogP contribution in [0.5, 0.6) is 0 Å². The third-order valence-electron chi connectivity index (χ3n) is 5.33. The van der Waals surface area contributed by atoms with E-state index in [4.69, 9.17) is 4.74 Å². The summed E-state index contributed by atoms with van der Waals surface area (Å²) in [5.74, 6) is 0.124. The number of benzene rings is 2. The van der Waals surface area contributed by atoms with E-state index in [1.54, 1.807) is 11.8 Å². The lowest BCUT2D eigenvalue weighted by Gasteiger charge is -2.11. The lowest BCUT2D eigenvalue weighted by Crippen LogP contribution is -2.24. The molecule has 2 N–H and O–H groups in total. The molecule has 2 amide bonds. The first-order chi connectivity index (χ1) is 14.9. The highest BCUT2D eigenvalue weighted by Crippen LogP contribution is 2.39. The molecule has 0 saturated carbocycles. The van der Waals surface area contributed by atoms with Crippen molar-refractivity contribution in [1.29, 1.82) is 0 Å². The van der Waals surface area contributed by atoms with Crippen LogP contribution in [0.25, 0.3) is 11.1 Å². The summed E-state index contributed by atoms with van der Waals surface area (Å²) in [6.45, 7) is 6.29. The minimum absolute atomic E-state index is 0.00668. The van der Waals surface area contributed by atoms with E-state index >= 15 is 0 Å². The number of amides is 2. The summed E-state index contributed by atoms with van der Waals surface area (Å²) in [5.41, 5.74) is 6.49. The van der Waals surface area contributed by atoms with Gasteiger partial charge in [-0.1, -0.05) is 35.9 Å². The first-order valence-corrected chi connectivity index (χ1v) is 10.2. The molecule has 1 aliphatic rings. The van der Waals surface area contributed by atoms with Crippen LogP contribution in [-0.2, 0) is 20.9 Å². The molecule has 160 valence electrons. The van der Waals surface area contributed by atoms with Gasteiger partial charge in [0, 0.05) is 18.4 Å². The number of carbonyl (C=O) groups is 2. The van der Waals surface area contributed by atoms with Gasteiger partial charge < -0.3 is 15.4 Å². The van der Waals surface area contributed by atoms with Gasteiger partial charge in [-0.3, -0.25) is 9.59 Å². The number of nitrogens with zero attached hydrogens (tertiary/aromatic N) is 2. The van der Waals surface area contributed by atoms with Crippen molar-refractivity contribution in [2.24, 2.45) is 0 Å². The third kappa shape index (κ3) is 4.22. The summed E-state index contributed by atoms with van der Waals surface area (Å²) in [7, 11) is 1.61. The predicted molar refractivity (Wildman–Crippen MR) is 120 cm³/mol. The van der Waals surface area contributed by atoms with Crippen molar-refractivity contribution < 1.29 is 14.3 Å². The Balaban J connectivity index is 1.62. The van der Waals surface area contributed by atoms with E-state index in [9.17, 15) is 9.59 Å². The Kier molecular flexibility index (Phi) is 5.61. The van der Waals surface area contributed by atoms with E-state index in [0.717, 1.165) is 39.2 Å². The number of hydrogen-bond acceptors (Lipinski definition) is 4. The smallest absolute Gasteiger partial charge is 0.251 e. The first-order valence-electron chi connectivity index (χ1n) is 10.2. The highest BCUT2D eigenvalue weighted by molar-refractivity contribution is 6.04. The van der Waals surface area contributed by atoms with Crippen molar-refractivity contribution in [3.8, 4) is 11.1 Å². The second-order valence-corrected chi connectivity index (χ2v) is 8.05. The molecule has 1 aromatic heterocycles. The number of rotatable bonds is 6.